The fourth-order valence-corrected chi connectivity index (χ4v) is 2.43. The van der Waals surface area contributed by atoms with Crippen molar-refractivity contribution in [2.45, 2.75) is 34.3 Å². The lowest BCUT2D eigenvalue weighted by Crippen LogP contribution is -2.14. The van der Waals surface area contributed by atoms with Gasteiger partial charge in [-0.1, -0.05) is 32.9 Å². The lowest BCUT2D eigenvalue weighted by Gasteiger charge is -2.17. The number of aromatic nitrogens is 1. The summed E-state index contributed by atoms with van der Waals surface area (Å²) < 4.78 is 12.5. The third-order valence-corrected chi connectivity index (χ3v) is 3.49. The number of rotatable bonds is 5. The van der Waals surface area contributed by atoms with Gasteiger partial charge in [0.05, 0.1) is 23.4 Å². The van der Waals surface area contributed by atoms with Gasteiger partial charge in [0.15, 0.2) is 0 Å². The van der Waals surface area contributed by atoms with Gasteiger partial charge >= 0.3 is 0 Å². The minimum Gasteiger partial charge on any atom is -0.438 e. The maximum absolute atomic E-state index is 5.84. The van der Waals surface area contributed by atoms with Gasteiger partial charge in [0.2, 0.25) is 5.88 Å². The average Bonchev–Trinajstić information content (AvgIpc) is 2.41. The van der Waals surface area contributed by atoms with Gasteiger partial charge in [-0.2, -0.15) is 0 Å². The molecule has 1 heterocycles. The van der Waals surface area contributed by atoms with Crippen LogP contribution in [0.4, 0.5) is 0 Å². The zero-order chi connectivity index (χ0) is 16.2. The molecule has 4 heteroatoms. The Bertz CT molecular complexity index is 635. The second kappa shape index (κ2) is 7.25. The molecule has 3 nitrogen and oxygen atoms in total. The zero-order valence-electron chi connectivity index (χ0n) is 13.5. The Labute approximate surface area is 140 Å². The van der Waals surface area contributed by atoms with E-state index in [4.69, 9.17) is 9.47 Å². The number of halogens is 1. The molecule has 0 unspecified atom stereocenters. The molecule has 0 radical (unpaired) electrons. The minimum atomic E-state index is 0.154. The third-order valence-electron chi connectivity index (χ3n) is 2.87. The van der Waals surface area contributed by atoms with E-state index in [0.717, 1.165) is 15.9 Å². The summed E-state index contributed by atoms with van der Waals surface area (Å²) in [6, 6.07) is 11.7. The van der Waals surface area contributed by atoms with Crippen molar-refractivity contribution in [1.82, 2.24) is 4.98 Å². The van der Waals surface area contributed by atoms with Crippen LogP contribution in [-0.2, 0) is 11.3 Å². The second-order valence-corrected chi connectivity index (χ2v) is 7.41. The first-order valence-corrected chi connectivity index (χ1v) is 8.10. The second-order valence-electron chi connectivity index (χ2n) is 6.56. The van der Waals surface area contributed by atoms with Crippen molar-refractivity contribution >= 4 is 15.9 Å². The molecule has 0 N–H and O–H groups in total. The standard InChI is InChI=1S/C18H22BrNO2/c1-13-8-9-16(15(19)10-13)22-17-7-5-6-14(20-17)11-21-12-18(2,3)4/h5-10H,11-12H2,1-4H3. The number of nitrogens with zero attached hydrogens (tertiary/aromatic N) is 1. The fourth-order valence-electron chi connectivity index (χ4n) is 1.86. The van der Waals surface area contributed by atoms with Gasteiger partial charge in [0.25, 0.3) is 0 Å². The molecule has 0 saturated heterocycles. The van der Waals surface area contributed by atoms with E-state index in [0.29, 0.717) is 19.1 Å². The lowest BCUT2D eigenvalue weighted by atomic mass is 9.99. The van der Waals surface area contributed by atoms with Crippen LogP contribution >= 0.6 is 15.9 Å². The molecule has 22 heavy (non-hydrogen) atoms. The Morgan fingerprint density at radius 3 is 2.59 bits per heavy atom. The van der Waals surface area contributed by atoms with Gasteiger partial charge in [-0.3, -0.25) is 0 Å². The highest BCUT2D eigenvalue weighted by Crippen LogP contribution is 2.29. The molecular weight excluding hydrogens is 342 g/mol. The first kappa shape index (κ1) is 17.0. The summed E-state index contributed by atoms with van der Waals surface area (Å²) in [5.41, 5.74) is 2.20. The summed E-state index contributed by atoms with van der Waals surface area (Å²) >= 11 is 3.51. The summed E-state index contributed by atoms with van der Waals surface area (Å²) in [4.78, 5) is 4.48. The predicted octanol–water partition coefficient (Wildman–Crippen LogP) is 5.51. The number of hydrogen-bond acceptors (Lipinski definition) is 3. The highest BCUT2D eigenvalue weighted by molar-refractivity contribution is 9.10. The van der Waals surface area contributed by atoms with Crippen LogP contribution in [0.25, 0.3) is 0 Å². The van der Waals surface area contributed by atoms with Crippen LogP contribution in [0, 0.1) is 12.3 Å². The highest BCUT2D eigenvalue weighted by atomic mass is 79.9. The number of benzene rings is 1. The van der Waals surface area contributed by atoms with Gasteiger partial charge in [-0.05, 0) is 52.0 Å². The molecule has 2 aromatic rings. The quantitative estimate of drug-likeness (QED) is 0.701. The minimum absolute atomic E-state index is 0.154. The van der Waals surface area contributed by atoms with Crippen LogP contribution in [0.5, 0.6) is 11.6 Å². The van der Waals surface area contributed by atoms with Gasteiger partial charge in [-0.25, -0.2) is 4.98 Å². The largest absolute Gasteiger partial charge is 0.438 e. The summed E-state index contributed by atoms with van der Waals surface area (Å²) in [7, 11) is 0. The SMILES string of the molecule is Cc1ccc(Oc2cccc(COCC(C)(C)C)n2)c(Br)c1. The van der Waals surface area contributed by atoms with Crippen molar-refractivity contribution in [3.63, 3.8) is 0 Å². The molecule has 2 rings (SSSR count). The molecule has 0 amide bonds. The zero-order valence-corrected chi connectivity index (χ0v) is 15.1. The van der Waals surface area contributed by atoms with E-state index in [-0.39, 0.29) is 5.41 Å². The van der Waals surface area contributed by atoms with Crippen LogP contribution < -0.4 is 4.74 Å². The van der Waals surface area contributed by atoms with Gasteiger partial charge in [0, 0.05) is 6.07 Å². The van der Waals surface area contributed by atoms with Crippen LogP contribution in [0.1, 0.15) is 32.0 Å². The maximum Gasteiger partial charge on any atom is 0.219 e. The Morgan fingerprint density at radius 2 is 1.91 bits per heavy atom. The van der Waals surface area contributed by atoms with Gasteiger partial charge in [-0.15, -0.1) is 0 Å². The smallest absolute Gasteiger partial charge is 0.219 e. The Morgan fingerprint density at radius 1 is 1.14 bits per heavy atom. The molecule has 118 valence electrons. The van der Waals surface area contributed by atoms with Crippen molar-refractivity contribution in [1.29, 1.82) is 0 Å². The molecule has 0 fully saturated rings. The molecule has 1 aromatic carbocycles. The molecule has 1 aromatic heterocycles. The molecule has 0 atom stereocenters. The van der Waals surface area contributed by atoms with Crippen LogP contribution in [0.2, 0.25) is 0 Å². The summed E-state index contributed by atoms with van der Waals surface area (Å²) in [6.07, 6.45) is 0. The predicted molar refractivity (Wildman–Crippen MR) is 92.3 cm³/mol. The number of aryl methyl sites for hydroxylation is 1. The van der Waals surface area contributed by atoms with Crippen LogP contribution in [0.15, 0.2) is 40.9 Å². The number of ether oxygens (including phenoxy) is 2. The van der Waals surface area contributed by atoms with Crippen molar-refractivity contribution < 1.29 is 9.47 Å². The Hall–Kier alpha value is -1.39. The molecular formula is C18H22BrNO2. The molecule has 0 aliphatic carbocycles. The van der Waals surface area contributed by atoms with Crippen molar-refractivity contribution in [2.75, 3.05) is 6.61 Å². The van der Waals surface area contributed by atoms with Gasteiger partial charge in [0.1, 0.15) is 5.75 Å². The van der Waals surface area contributed by atoms with Crippen molar-refractivity contribution in [3.8, 4) is 11.6 Å². The maximum atomic E-state index is 5.84. The van der Waals surface area contributed by atoms with Crippen molar-refractivity contribution in [3.05, 3.63) is 52.1 Å². The average molecular weight is 364 g/mol. The summed E-state index contributed by atoms with van der Waals surface area (Å²) in [5.74, 6) is 1.33. The van der Waals surface area contributed by atoms with E-state index in [9.17, 15) is 0 Å². The number of pyridine rings is 1. The summed E-state index contributed by atoms with van der Waals surface area (Å²) in [5, 5.41) is 0. The molecule has 0 spiro atoms. The first-order valence-electron chi connectivity index (χ1n) is 7.31. The Balaban J connectivity index is 2.02. The van der Waals surface area contributed by atoms with Crippen LogP contribution in [-0.4, -0.2) is 11.6 Å². The van der Waals surface area contributed by atoms with E-state index < -0.39 is 0 Å². The van der Waals surface area contributed by atoms with E-state index in [1.54, 1.807) is 0 Å². The highest BCUT2D eigenvalue weighted by Gasteiger charge is 2.10. The summed E-state index contributed by atoms with van der Waals surface area (Å²) in [6.45, 7) is 9.67. The topological polar surface area (TPSA) is 31.4 Å². The van der Waals surface area contributed by atoms with E-state index >= 15 is 0 Å². The van der Waals surface area contributed by atoms with E-state index in [1.165, 1.54) is 5.56 Å². The molecule has 0 aliphatic heterocycles. The first-order chi connectivity index (χ1) is 10.3. The fraction of sp³-hybridized carbons (Fsp3) is 0.389. The van der Waals surface area contributed by atoms with Crippen LogP contribution in [0.3, 0.4) is 0 Å². The van der Waals surface area contributed by atoms with E-state index in [2.05, 4.69) is 41.7 Å². The third kappa shape index (κ3) is 5.43. The monoisotopic (exact) mass is 363 g/mol. The molecule has 0 bridgehead atoms. The van der Waals surface area contributed by atoms with Gasteiger partial charge < -0.3 is 9.47 Å². The van der Waals surface area contributed by atoms with E-state index in [1.807, 2.05) is 43.3 Å². The molecule has 0 saturated carbocycles. The normalized spacial score (nSPS) is 11.5. The van der Waals surface area contributed by atoms with Crippen molar-refractivity contribution in [2.24, 2.45) is 5.41 Å². The Kier molecular flexibility index (Phi) is 5.59. The molecule has 0 aliphatic rings. The number of hydrogen-bond donors (Lipinski definition) is 0. The lowest BCUT2D eigenvalue weighted by molar-refractivity contribution is 0.0579.